The van der Waals surface area contributed by atoms with Crippen molar-refractivity contribution in [2.45, 2.75) is 17.9 Å². The van der Waals surface area contributed by atoms with Crippen LogP contribution >= 0.6 is 0 Å². The molecule has 0 aliphatic rings. The number of ketones is 1. The molecule has 0 N–H and O–H groups in total. The van der Waals surface area contributed by atoms with Crippen molar-refractivity contribution in [3.8, 4) is 0 Å². The van der Waals surface area contributed by atoms with Crippen molar-refractivity contribution in [3.05, 3.63) is 41.7 Å². The van der Waals surface area contributed by atoms with Gasteiger partial charge in [-0.2, -0.15) is 13.2 Å². The Balaban J connectivity index is 2.25. The lowest BCUT2D eigenvalue weighted by atomic mass is 10.1. The number of hydrogen-bond acceptors (Lipinski definition) is 4. The number of Topliss-reactive ketones (excluding diaryl/α,β-unsaturated/α-hetero) is 1. The highest BCUT2D eigenvalue weighted by molar-refractivity contribution is 7.84. The second-order valence-electron chi connectivity index (χ2n) is 4.20. The minimum atomic E-state index is -4.51. The fraction of sp³-hybridized carbons (Fsp3) is 0.250. The molecular formula is C12H10F3N3O2S. The van der Waals surface area contributed by atoms with E-state index < -0.39 is 28.3 Å². The van der Waals surface area contributed by atoms with Gasteiger partial charge in [0.15, 0.2) is 5.78 Å². The minimum absolute atomic E-state index is 0.0774. The number of aromatic nitrogens is 3. The molecule has 9 heteroatoms. The predicted molar refractivity (Wildman–Crippen MR) is 68.1 cm³/mol. The number of carbonyl (C=O) groups excluding carboxylic acids is 1. The molecule has 0 unspecified atom stereocenters. The summed E-state index contributed by atoms with van der Waals surface area (Å²) in [6.07, 6.45) is -1.93. The molecule has 1 atom stereocenters. The molecule has 1 aromatic heterocycles. The summed E-state index contributed by atoms with van der Waals surface area (Å²) in [5.41, 5.74) is -0.970. The lowest BCUT2D eigenvalue weighted by molar-refractivity contribution is -0.137. The Kier molecular flexibility index (Phi) is 4.21. The maximum atomic E-state index is 12.6. The average Bonchev–Trinajstić information content (AvgIpc) is 2.86. The van der Waals surface area contributed by atoms with Crippen LogP contribution < -0.4 is 0 Å². The standard InChI is InChI=1S/C12H10F3N3O2S/c1-21(20)11-17-16-7-18(11)6-10(19)8-3-2-4-9(5-8)12(13,14)15/h2-5,7H,6H2,1H3/t21-/m0/s1. The molecule has 0 amide bonds. The molecule has 0 spiro atoms. The second-order valence-corrected chi connectivity index (χ2v) is 5.47. The molecule has 0 saturated carbocycles. The first-order valence-electron chi connectivity index (χ1n) is 5.70. The molecule has 0 aliphatic heterocycles. The second kappa shape index (κ2) is 5.76. The molecule has 0 saturated heterocycles. The van der Waals surface area contributed by atoms with E-state index in [0.29, 0.717) is 0 Å². The Labute approximate surface area is 120 Å². The van der Waals surface area contributed by atoms with Gasteiger partial charge in [0.25, 0.3) is 0 Å². The summed E-state index contributed by atoms with van der Waals surface area (Å²) in [5, 5.41) is 7.23. The van der Waals surface area contributed by atoms with Crippen molar-refractivity contribution in [1.82, 2.24) is 14.8 Å². The molecule has 5 nitrogen and oxygen atoms in total. The van der Waals surface area contributed by atoms with Crippen molar-refractivity contribution in [1.29, 1.82) is 0 Å². The van der Waals surface area contributed by atoms with Crippen molar-refractivity contribution in [2.24, 2.45) is 0 Å². The highest BCUT2D eigenvalue weighted by Crippen LogP contribution is 2.29. The van der Waals surface area contributed by atoms with Crippen LogP contribution in [0.4, 0.5) is 13.2 Å². The van der Waals surface area contributed by atoms with Crippen LogP contribution in [-0.2, 0) is 23.5 Å². The monoisotopic (exact) mass is 317 g/mol. The first-order valence-corrected chi connectivity index (χ1v) is 7.26. The minimum Gasteiger partial charge on any atom is -0.299 e. The Hall–Kier alpha value is -2.03. The van der Waals surface area contributed by atoms with E-state index in [9.17, 15) is 22.2 Å². The fourth-order valence-electron chi connectivity index (χ4n) is 1.69. The van der Waals surface area contributed by atoms with Crippen LogP contribution in [0.5, 0.6) is 0 Å². The first kappa shape index (κ1) is 15.4. The highest BCUT2D eigenvalue weighted by atomic mass is 32.2. The summed E-state index contributed by atoms with van der Waals surface area (Å²) in [6, 6.07) is 4.14. The van der Waals surface area contributed by atoms with Gasteiger partial charge < -0.3 is 0 Å². The van der Waals surface area contributed by atoms with E-state index >= 15 is 0 Å². The van der Waals surface area contributed by atoms with Crippen molar-refractivity contribution in [3.63, 3.8) is 0 Å². The quantitative estimate of drug-likeness (QED) is 0.808. The summed E-state index contributed by atoms with van der Waals surface area (Å²) in [4.78, 5) is 12.0. The summed E-state index contributed by atoms with van der Waals surface area (Å²) >= 11 is 0. The normalized spacial score (nSPS) is 13.1. The number of hydrogen-bond donors (Lipinski definition) is 0. The summed E-state index contributed by atoms with van der Waals surface area (Å²) in [5.74, 6) is -0.549. The SMILES string of the molecule is C[S@](=O)c1nncn1CC(=O)c1cccc(C(F)(F)F)c1. The van der Waals surface area contributed by atoms with Crippen LogP contribution in [0.2, 0.25) is 0 Å². The number of nitrogens with zero attached hydrogens (tertiary/aromatic N) is 3. The summed E-state index contributed by atoms with van der Waals surface area (Å²) in [7, 11) is -1.44. The lowest BCUT2D eigenvalue weighted by Crippen LogP contribution is -2.14. The Morgan fingerprint density at radius 3 is 2.71 bits per heavy atom. The van der Waals surface area contributed by atoms with E-state index in [4.69, 9.17) is 0 Å². The van der Waals surface area contributed by atoms with Gasteiger partial charge in [-0.25, -0.2) is 0 Å². The Bertz CT molecular complexity index is 697. The van der Waals surface area contributed by atoms with E-state index in [1.54, 1.807) is 0 Å². The van der Waals surface area contributed by atoms with Crippen LogP contribution in [0.1, 0.15) is 15.9 Å². The van der Waals surface area contributed by atoms with E-state index in [0.717, 1.165) is 12.1 Å². The molecule has 0 bridgehead atoms. The zero-order chi connectivity index (χ0) is 15.6. The predicted octanol–water partition coefficient (Wildman–Crippen LogP) is 1.92. The van der Waals surface area contributed by atoms with Gasteiger partial charge in [0, 0.05) is 11.8 Å². The zero-order valence-electron chi connectivity index (χ0n) is 10.8. The average molecular weight is 317 g/mol. The first-order chi connectivity index (χ1) is 9.79. The number of rotatable bonds is 4. The molecule has 0 radical (unpaired) electrons. The van der Waals surface area contributed by atoms with Gasteiger partial charge in [-0.15, -0.1) is 10.2 Å². The molecule has 1 heterocycles. The highest BCUT2D eigenvalue weighted by Gasteiger charge is 2.30. The molecule has 1 aromatic carbocycles. The molecule has 112 valence electrons. The maximum Gasteiger partial charge on any atom is 0.416 e. The van der Waals surface area contributed by atoms with Crippen LogP contribution in [0.15, 0.2) is 35.7 Å². The number of benzene rings is 1. The lowest BCUT2D eigenvalue weighted by Gasteiger charge is -2.09. The molecule has 0 aliphatic carbocycles. The van der Waals surface area contributed by atoms with Crippen molar-refractivity contribution in [2.75, 3.05) is 6.26 Å². The van der Waals surface area contributed by atoms with E-state index in [1.165, 1.54) is 29.3 Å². The van der Waals surface area contributed by atoms with Gasteiger partial charge in [0.1, 0.15) is 6.33 Å². The summed E-state index contributed by atoms with van der Waals surface area (Å²) in [6.45, 7) is -0.275. The van der Waals surface area contributed by atoms with E-state index in [-0.39, 0.29) is 17.3 Å². The number of alkyl halides is 3. The molecule has 21 heavy (non-hydrogen) atoms. The van der Waals surface area contributed by atoms with Crippen molar-refractivity contribution >= 4 is 16.6 Å². The Morgan fingerprint density at radius 1 is 1.38 bits per heavy atom. The van der Waals surface area contributed by atoms with Gasteiger partial charge in [-0.05, 0) is 12.1 Å². The Morgan fingerprint density at radius 2 is 2.10 bits per heavy atom. The fourth-order valence-corrected chi connectivity index (χ4v) is 2.29. The van der Waals surface area contributed by atoms with Crippen LogP contribution in [0.25, 0.3) is 0 Å². The van der Waals surface area contributed by atoms with Gasteiger partial charge in [0.05, 0.1) is 22.9 Å². The molecular weight excluding hydrogens is 307 g/mol. The van der Waals surface area contributed by atoms with E-state index in [2.05, 4.69) is 10.2 Å². The van der Waals surface area contributed by atoms with Crippen LogP contribution in [0.3, 0.4) is 0 Å². The third kappa shape index (κ3) is 3.54. The summed E-state index contributed by atoms with van der Waals surface area (Å²) < 4.78 is 50.4. The van der Waals surface area contributed by atoms with Gasteiger partial charge in [-0.3, -0.25) is 13.6 Å². The van der Waals surface area contributed by atoms with Crippen LogP contribution in [0, 0.1) is 0 Å². The zero-order valence-corrected chi connectivity index (χ0v) is 11.6. The maximum absolute atomic E-state index is 12.6. The number of carbonyl (C=O) groups is 1. The molecule has 0 fully saturated rings. The van der Waals surface area contributed by atoms with Crippen LogP contribution in [-0.4, -0.2) is 31.0 Å². The third-order valence-electron chi connectivity index (χ3n) is 2.66. The largest absolute Gasteiger partial charge is 0.416 e. The number of halogens is 3. The van der Waals surface area contributed by atoms with Gasteiger partial charge in [-0.1, -0.05) is 12.1 Å². The van der Waals surface area contributed by atoms with Gasteiger partial charge in [0.2, 0.25) is 5.16 Å². The van der Waals surface area contributed by atoms with Crippen molar-refractivity contribution < 1.29 is 22.2 Å². The van der Waals surface area contributed by atoms with E-state index in [1.807, 2.05) is 0 Å². The molecule has 2 rings (SSSR count). The smallest absolute Gasteiger partial charge is 0.299 e. The van der Waals surface area contributed by atoms with Gasteiger partial charge >= 0.3 is 6.18 Å². The third-order valence-corrected chi connectivity index (χ3v) is 3.49. The topological polar surface area (TPSA) is 64.8 Å². The molecule has 2 aromatic rings.